The minimum absolute atomic E-state index is 0.00944. The largest absolute Gasteiger partial charge is 0.464 e. The second-order valence-electron chi connectivity index (χ2n) is 10.3. The Balaban J connectivity index is 1.53. The molecule has 2 N–H and O–H groups in total. The van der Waals surface area contributed by atoms with E-state index in [2.05, 4.69) is 10.4 Å². The van der Waals surface area contributed by atoms with Gasteiger partial charge < -0.3 is 10.4 Å². The van der Waals surface area contributed by atoms with Gasteiger partial charge in [-0.3, -0.25) is 23.4 Å². The van der Waals surface area contributed by atoms with Crippen LogP contribution in [-0.2, 0) is 41.4 Å². The molecule has 1 aliphatic heterocycles. The predicted molar refractivity (Wildman–Crippen MR) is 145 cm³/mol. The molecular formula is C25H24N6O7S2. The molecule has 3 aromatic heterocycles. The summed E-state index contributed by atoms with van der Waals surface area (Å²) in [6.45, 7) is 1.45. The van der Waals surface area contributed by atoms with E-state index in [0.717, 1.165) is 16.2 Å². The Labute approximate surface area is 230 Å². The van der Waals surface area contributed by atoms with Crippen molar-refractivity contribution in [2.75, 3.05) is 5.32 Å². The lowest BCUT2D eigenvalue weighted by molar-refractivity contribution is -0.115. The first kappa shape index (κ1) is 26.0. The number of thiophene rings is 1. The van der Waals surface area contributed by atoms with E-state index in [1.54, 1.807) is 38.4 Å². The monoisotopic (exact) mass is 584 g/mol. The summed E-state index contributed by atoms with van der Waals surface area (Å²) in [7, 11) is -2.83. The fourth-order valence-corrected chi connectivity index (χ4v) is 8.15. The van der Waals surface area contributed by atoms with Crippen molar-refractivity contribution in [3.05, 3.63) is 74.2 Å². The van der Waals surface area contributed by atoms with Crippen molar-refractivity contribution in [1.82, 2.24) is 23.2 Å². The standard InChI is InChI=1S/C25H24N6O7S2/c1-25(5-6-25)31(24(35)36)40(37,38)20-9-17-21(33)29(13-15-10-26-28(2)11-15)23(34)30(22(17)39-20)12-14-3-4-18-16(7-14)8-19(32)27-18/h3-4,7,9-11H,5-6,8,12-13H2,1-2H3,(H,27,32)(H,35,36). The molecule has 0 radical (unpaired) electrons. The number of carbonyl (C=O) groups excluding carboxylic acids is 1. The van der Waals surface area contributed by atoms with Crippen molar-refractivity contribution in [3.63, 3.8) is 0 Å². The summed E-state index contributed by atoms with van der Waals surface area (Å²) in [4.78, 5) is 51.3. The van der Waals surface area contributed by atoms with Crippen molar-refractivity contribution in [2.24, 2.45) is 7.05 Å². The van der Waals surface area contributed by atoms with Crippen LogP contribution in [0.15, 0.2) is 50.5 Å². The van der Waals surface area contributed by atoms with Crippen LogP contribution in [0.25, 0.3) is 10.2 Å². The van der Waals surface area contributed by atoms with Crippen molar-refractivity contribution in [2.45, 2.75) is 49.0 Å². The van der Waals surface area contributed by atoms with Crippen LogP contribution in [0, 0.1) is 0 Å². The van der Waals surface area contributed by atoms with Crippen LogP contribution >= 0.6 is 11.3 Å². The quantitative estimate of drug-likeness (QED) is 0.332. The van der Waals surface area contributed by atoms with Gasteiger partial charge >= 0.3 is 11.8 Å². The van der Waals surface area contributed by atoms with Crippen molar-refractivity contribution < 1.29 is 23.1 Å². The zero-order chi connectivity index (χ0) is 28.6. The molecule has 0 atom stereocenters. The van der Waals surface area contributed by atoms with Gasteiger partial charge in [0.2, 0.25) is 5.91 Å². The number of amides is 2. The second-order valence-corrected chi connectivity index (χ2v) is 13.4. The summed E-state index contributed by atoms with van der Waals surface area (Å²) in [5, 5.41) is 16.6. The van der Waals surface area contributed by atoms with E-state index in [0.29, 0.717) is 45.3 Å². The first-order valence-electron chi connectivity index (χ1n) is 12.3. The summed E-state index contributed by atoms with van der Waals surface area (Å²) < 4.78 is 31.1. The van der Waals surface area contributed by atoms with Gasteiger partial charge in [-0.05, 0) is 43.0 Å². The summed E-state index contributed by atoms with van der Waals surface area (Å²) in [5.41, 5.74) is 0.292. The van der Waals surface area contributed by atoms with Gasteiger partial charge in [0.25, 0.3) is 15.6 Å². The number of rotatable bonds is 7. The molecule has 13 nitrogen and oxygen atoms in total. The molecule has 1 aromatic carbocycles. The van der Waals surface area contributed by atoms with Gasteiger partial charge in [0.1, 0.15) is 9.04 Å². The summed E-state index contributed by atoms with van der Waals surface area (Å²) >= 11 is 0.687. The minimum atomic E-state index is -4.53. The van der Waals surface area contributed by atoms with E-state index in [1.807, 2.05) is 0 Å². The third-order valence-electron chi connectivity index (χ3n) is 7.24. The van der Waals surface area contributed by atoms with Gasteiger partial charge in [-0.1, -0.05) is 12.1 Å². The number of aromatic nitrogens is 4. The van der Waals surface area contributed by atoms with Crippen molar-refractivity contribution >= 4 is 49.3 Å². The molecule has 1 aliphatic carbocycles. The molecule has 1 saturated carbocycles. The second kappa shape index (κ2) is 8.89. The number of aryl methyl sites for hydroxylation is 1. The van der Waals surface area contributed by atoms with E-state index in [1.165, 1.54) is 15.4 Å². The fourth-order valence-electron chi connectivity index (χ4n) is 4.98. The highest BCUT2D eigenvalue weighted by atomic mass is 32.2. The maximum atomic E-state index is 13.8. The molecule has 6 rings (SSSR count). The van der Waals surface area contributed by atoms with Crippen molar-refractivity contribution in [1.29, 1.82) is 0 Å². The summed E-state index contributed by atoms with van der Waals surface area (Å²) in [5.74, 6) is -0.142. The molecule has 0 bridgehead atoms. The number of nitrogens with one attached hydrogen (secondary N) is 1. The molecule has 0 spiro atoms. The van der Waals surface area contributed by atoms with Crippen LogP contribution in [0.5, 0.6) is 0 Å². The normalized spacial score (nSPS) is 15.7. The molecule has 4 aromatic rings. The van der Waals surface area contributed by atoms with Gasteiger partial charge in [-0.2, -0.15) is 17.8 Å². The number of fused-ring (bicyclic) bond motifs is 2. The van der Waals surface area contributed by atoms with Crippen LogP contribution < -0.4 is 16.6 Å². The van der Waals surface area contributed by atoms with Gasteiger partial charge in [-0.15, -0.1) is 11.3 Å². The van der Waals surface area contributed by atoms with Crippen LogP contribution in [0.3, 0.4) is 0 Å². The highest BCUT2D eigenvalue weighted by Gasteiger charge is 2.53. The Morgan fingerprint density at radius 3 is 2.52 bits per heavy atom. The average Bonchev–Trinajstić information content (AvgIpc) is 3.23. The molecule has 1 fully saturated rings. The minimum Gasteiger partial charge on any atom is -0.464 e. The Kier molecular flexibility index (Phi) is 5.78. The third-order valence-corrected chi connectivity index (χ3v) is 10.8. The summed E-state index contributed by atoms with van der Waals surface area (Å²) in [6.07, 6.45) is 2.55. The first-order chi connectivity index (χ1) is 18.9. The Morgan fingerprint density at radius 2 is 1.88 bits per heavy atom. The van der Waals surface area contributed by atoms with Crippen LogP contribution in [0.1, 0.15) is 36.5 Å². The fraction of sp³-hybridized carbons (Fsp3) is 0.320. The molecule has 2 amide bonds. The third kappa shape index (κ3) is 4.21. The number of sulfonamides is 1. The zero-order valence-corrected chi connectivity index (χ0v) is 23.1. The number of benzene rings is 1. The van der Waals surface area contributed by atoms with Crippen LogP contribution in [0.4, 0.5) is 10.5 Å². The molecule has 40 heavy (non-hydrogen) atoms. The van der Waals surface area contributed by atoms with Gasteiger partial charge in [0.05, 0.1) is 36.6 Å². The highest BCUT2D eigenvalue weighted by molar-refractivity contribution is 7.92. The van der Waals surface area contributed by atoms with E-state index in [9.17, 15) is 32.7 Å². The number of hydrogen-bond acceptors (Lipinski definition) is 8. The van der Waals surface area contributed by atoms with Crippen LogP contribution in [0.2, 0.25) is 0 Å². The highest BCUT2D eigenvalue weighted by Crippen LogP contribution is 2.45. The van der Waals surface area contributed by atoms with E-state index >= 15 is 0 Å². The summed E-state index contributed by atoms with van der Waals surface area (Å²) in [6, 6.07) is 6.41. The Hall–Kier alpha value is -4.24. The van der Waals surface area contributed by atoms with Gasteiger partial charge in [0, 0.05) is 24.5 Å². The lowest BCUT2D eigenvalue weighted by atomic mass is 10.1. The van der Waals surface area contributed by atoms with Crippen LogP contribution in [-0.4, -0.2) is 54.3 Å². The number of hydrogen-bond donors (Lipinski definition) is 2. The molecule has 208 valence electrons. The topological polar surface area (TPSA) is 166 Å². The average molecular weight is 585 g/mol. The smallest absolute Gasteiger partial charge is 0.421 e. The maximum absolute atomic E-state index is 13.8. The van der Waals surface area contributed by atoms with Crippen molar-refractivity contribution in [3.8, 4) is 0 Å². The van der Waals surface area contributed by atoms with E-state index in [-0.39, 0.29) is 39.8 Å². The van der Waals surface area contributed by atoms with Gasteiger partial charge in [0.15, 0.2) is 0 Å². The number of carbonyl (C=O) groups is 2. The molecule has 0 unspecified atom stereocenters. The zero-order valence-electron chi connectivity index (χ0n) is 21.4. The lowest BCUT2D eigenvalue weighted by Gasteiger charge is -2.24. The number of nitrogens with zero attached hydrogens (tertiary/aromatic N) is 5. The predicted octanol–water partition coefficient (Wildman–Crippen LogP) is 1.77. The Morgan fingerprint density at radius 1 is 1.15 bits per heavy atom. The lowest BCUT2D eigenvalue weighted by Crippen LogP contribution is -2.43. The SMILES string of the molecule is Cn1cc(Cn2c(=O)c3cc(S(=O)(=O)N(C(=O)O)C4(C)CC4)sc3n(Cc3ccc4c(c3)CC(=O)N4)c2=O)cn1. The van der Waals surface area contributed by atoms with E-state index < -0.39 is 32.9 Å². The molecule has 2 aliphatic rings. The molecular weight excluding hydrogens is 560 g/mol. The van der Waals surface area contributed by atoms with Gasteiger partial charge in [-0.25, -0.2) is 9.59 Å². The molecule has 15 heteroatoms. The maximum Gasteiger partial charge on any atom is 0.421 e. The Bertz CT molecular complexity index is 1960. The number of anilines is 1. The number of carboxylic acid groups (broad SMARTS) is 1. The molecule has 0 saturated heterocycles. The molecule has 4 heterocycles. The van der Waals surface area contributed by atoms with E-state index in [4.69, 9.17) is 0 Å². The first-order valence-corrected chi connectivity index (χ1v) is 14.6.